The lowest BCUT2D eigenvalue weighted by molar-refractivity contribution is 0.0690. The van der Waals surface area contributed by atoms with Gasteiger partial charge >= 0.3 is 12.0 Å². The van der Waals surface area contributed by atoms with Crippen LogP contribution < -0.4 is 10.6 Å². The average Bonchev–Trinajstić information content (AvgIpc) is 2.40. The van der Waals surface area contributed by atoms with Crippen molar-refractivity contribution < 1.29 is 14.7 Å². The fourth-order valence-electron chi connectivity index (χ4n) is 2.22. The molecule has 1 heterocycles. The summed E-state index contributed by atoms with van der Waals surface area (Å²) in [6, 6.07) is 2.82. The molecule has 6 nitrogen and oxygen atoms in total. The van der Waals surface area contributed by atoms with Crippen LogP contribution in [0.4, 0.5) is 10.5 Å². The van der Waals surface area contributed by atoms with Gasteiger partial charge in [-0.2, -0.15) is 0 Å². The first-order chi connectivity index (χ1) is 9.15. The van der Waals surface area contributed by atoms with Crippen LogP contribution in [0.25, 0.3) is 0 Å². The Morgan fingerprint density at radius 2 is 2.00 bits per heavy atom. The highest BCUT2D eigenvalue weighted by atomic mass is 16.4. The van der Waals surface area contributed by atoms with Crippen LogP contribution in [-0.4, -0.2) is 28.1 Å². The molecule has 0 aromatic carbocycles. The van der Waals surface area contributed by atoms with E-state index in [1.807, 2.05) is 0 Å². The summed E-state index contributed by atoms with van der Waals surface area (Å²) in [6.07, 6.45) is 6.88. The molecule has 2 rings (SSSR count). The van der Waals surface area contributed by atoms with Crippen LogP contribution in [0.5, 0.6) is 0 Å². The molecule has 0 saturated heterocycles. The van der Waals surface area contributed by atoms with Crippen LogP contribution in [0, 0.1) is 0 Å². The number of anilines is 1. The van der Waals surface area contributed by atoms with Crippen LogP contribution >= 0.6 is 0 Å². The molecule has 0 aliphatic heterocycles. The van der Waals surface area contributed by atoms with E-state index in [1.54, 1.807) is 6.07 Å². The number of amides is 2. The van der Waals surface area contributed by atoms with Crippen LogP contribution in [0.2, 0.25) is 0 Å². The number of carboxylic acids is 1. The van der Waals surface area contributed by atoms with Crippen molar-refractivity contribution in [3.05, 3.63) is 24.0 Å². The normalized spacial score (nSPS) is 15.8. The van der Waals surface area contributed by atoms with Crippen molar-refractivity contribution in [2.45, 2.75) is 38.1 Å². The van der Waals surface area contributed by atoms with Gasteiger partial charge in [0.05, 0.1) is 0 Å². The number of urea groups is 1. The summed E-state index contributed by atoms with van der Waals surface area (Å²) in [6.45, 7) is 0. The standard InChI is InChI=1S/C13H17N3O3/c17-12(18)11-8-10(6-7-14-11)16-13(19)15-9-4-2-1-3-5-9/h6-9H,1-5H2,(H,17,18)(H2,14,15,16,19). The zero-order valence-corrected chi connectivity index (χ0v) is 10.6. The Kier molecular flexibility index (Phi) is 4.33. The topological polar surface area (TPSA) is 91.3 Å². The van der Waals surface area contributed by atoms with Crippen LogP contribution in [0.3, 0.4) is 0 Å². The van der Waals surface area contributed by atoms with Gasteiger partial charge < -0.3 is 15.7 Å². The molecule has 6 heteroatoms. The van der Waals surface area contributed by atoms with Gasteiger partial charge in [-0.1, -0.05) is 19.3 Å². The van der Waals surface area contributed by atoms with E-state index in [1.165, 1.54) is 18.7 Å². The Morgan fingerprint density at radius 3 is 2.68 bits per heavy atom. The van der Waals surface area contributed by atoms with Gasteiger partial charge in [-0.15, -0.1) is 0 Å². The number of nitrogens with zero attached hydrogens (tertiary/aromatic N) is 1. The second-order valence-corrected chi connectivity index (χ2v) is 4.67. The molecule has 1 saturated carbocycles. The lowest BCUT2D eigenvalue weighted by atomic mass is 9.96. The Morgan fingerprint density at radius 1 is 1.26 bits per heavy atom. The molecule has 0 atom stereocenters. The van der Waals surface area contributed by atoms with Gasteiger partial charge in [0.25, 0.3) is 0 Å². The highest BCUT2D eigenvalue weighted by Gasteiger charge is 2.15. The second-order valence-electron chi connectivity index (χ2n) is 4.67. The number of carbonyl (C=O) groups excluding carboxylic acids is 1. The molecule has 2 amide bonds. The Balaban J connectivity index is 1.90. The number of aromatic carboxylic acids is 1. The van der Waals surface area contributed by atoms with E-state index in [2.05, 4.69) is 15.6 Å². The molecule has 0 unspecified atom stereocenters. The molecule has 1 aliphatic carbocycles. The van der Waals surface area contributed by atoms with Crippen LogP contribution in [0.15, 0.2) is 18.3 Å². The maximum atomic E-state index is 11.8. The smallest absolute Gasteiger partial charge is 0.354 e. The summed E-state index contributed by atoms with van der Waals surface area (Å²) >= 11 is 0. The van der Waals surface area contributed by atoms with Crippen molar-refractivity contribution in [2.24, 2.45) is 0 Å². The number of carboxylic acid groups (broad SMARTS) is 1. The number of rotatable bonds is 3. The number of aromatic nitrogens is 1. The summed E-state index contributed by atoms with van der Waals surface area (Å²) in [7, 11) is 0. The van der Waals surface area contributed by atoms with E-state index in [0.29, 0.717) is 5.69 Å². The zero-order chi connectivity index (χ0) is 13.7. The summed E-state index contributed by atoms with van der Waals surface area (Å²) in [4.78, 5) is 26.2. The first-order valence-corrected chi connectivity index (χ1v) is 6.42. The lowest BCUT2D eigenvalue weighted by Gasteiger charge is -2.22. The van der Waals surface area contributed by atoms with Gasteiger partial charge in [0.2, 0.25) is 0 Å². The fraction of sp³-hybridized carbons (Fsp3) is 0.462. The van der Waals surface area contributed by atoms with E-state index < -0.39 is 5.97 Å². The minimum Gasteiger partial charge on any atom is -0.477 e. The van der Waals surface area contributed by atoms with E-state index in [0.717, 1.165) is 25.7 Å². The maximum absolute atomic E-state index is 11.8. The summed E-state index contributed by atoms with van der Waals surface area (Å²) < 4.78 is 0. The van der Waals surface area contributed by atoms with Gasteiger partial charge in [-0.25, -0.2) is 14.6 Å². The molecule has 1 aromatic heterocycles. The van der Waals surface area contributed by atoms with Crippen molar-refractivity contribution in [1.82, 2.24) is 10.3 Å². The van der Waals surface area contributed by atoms with Crippen molar-refractivity contribution in [3.8, 4) is 0 Å². The van der Waals surface area contributed by atoms with Crippen molar-refractivity contribution in [1.29, 1.82) is 0 Å². The van der Waals surface area contributed by atoms with Crippen molar-refractivity contribution in [3.63, 3.8) is 0 Å². The monoisotopic (exact) mass is 263 g/mol. The Labute approximate surface area is 111 Å². The number of pyridine rings is 1. The van der Waals surface area contributed by atoms with Gasteiger partial charge in [-0.05, 0) is 25.0 Å². The quantitative estimate of drug-likeness (QED) is 0.779. The minimum absolute atomic E-state index is 0.0875. The van der Waals surface area contributed by atoms with Crippen LogP contribution in [0.1, 0.15) is 42.6 Å². The van der Waals surface area contributed by atoms with Gasteiger partial charge in [-0.3, -0.25) is 0 Å². The first-order valence-electron chi connectivity index (χ1n) is 6.42. The maximum Gasteiger partial charge on any atom is 0.354 e. The Bertz CT molecular complexity index is 470. The largest absolute Gasteiger partial charge is 0.477 e. The molecular weight excluding hydrogens is 246 g/mol. The van der Waals surface area contributed by atoms with Gasteiger partial charge in [0.15, 0.2) is 0 Å². The van der Waals surface area contributed by atoms with E-state index in [9.17, 15) is 9.59 Å². The van der Waals surface area contributed by atoms with Gasteiger partial charge in [0.1, 0.15) is 5.69 Å². The molecule has 1 fully saturated rings. The van der Waals surface area contributed by atoms with Crippen molar-refractivity contribution >= 4 is 17.7 Å². The minimum atomic E-state index is -1.11. The van der Waals surface area contributed by atoms with Crippen LogP contribution in [-0.2, 0) is 0 Å². The number of hydrogen-bond acceptors (Lipinski definition) is 3. The van der Waals surface area contributed by atoms with Gasteiger partial charge in [0, 0.05) is 17.9 Å². The molecule has 0 bridgehead atoms. The molecule has 0 spiro atoms. The summed E-state index contributed by atoms with van der Waals surface area (Å²) in [5.74, 6) is -1.11. The third-order valence-corrected chi connectivity index (χ3v) is 3.18. The molecule has 1 aliphatic rings. The predicted molar refractivity (Wildman–Crippen MR) is 70.2 cm³/mol. The number of carbonyl (C=O) groups is 2. The number of nitrogens with one attached hydrogen (secondary N) is 2. The van der Waals surface area contributed by atoms with Crippen molar-refractivity contribution in [2.75, 3.05) is 5.32 Å². The highest BCUT2D eigenvalue weighted by Crippen LogP contribution is 2.17. The highest BCUT2D eigenvalue weighted by molar-refractivity contribution is 5.92. The summed E-state index contributed by atoms with van der Waals surface area (Å²) in [5, 5.41) is 14.3. The molecular formula is C13H17N3O3. The third kappa shape index (κ3) is 3.94. The number of hydrogen-bond donors (Lipinski definition) is 3. The van der Waals surface area contributed by atoms with E-state index in [-0.39, 0.29) is 17.8 Å². The van der Waals surface area contributed by atoms with E-state index >= 15 is 0 Å². The molecule has 102 valence electrons. The summed E-state index contributed by atoms with van der Waals surface area (Å²) in [5.41, 5.74) is 0.344. The average molecular weight is 263 g/mol. The molecule has 19 heavy (non-hydrogen) atoms. The Hall–Kier alpha value is -2.11. The second kappa shape index (κ2) is 6.17. The fourth-order valence-corrected chi connectivity index (χ4v) is 2.22. The predicted octanol–water partition coefficient (Wildman–Crippen LogP) is 2.23. The lowest BCUT2D eigenvalue weighted by Crippen LogP contribution is -2.39. The van der Waals surface area contributed by atoms with E-state index in [4.69, 9.17) is 5.11 Å². The molecule has 0 radical (unpaired) electrons. The molecule has 3 N–H and O–H groups in total. The SMILES string of the molecule is O=C(Nc1ccnc(C(=O)O)c1)NC1CCCCC1. The molecule has 1 aromatic rings. The third-order valence-electron chi connectivity index (χ3n) is 3.18. The first kappa shape index (κ1) is 13.3. The zero-order valence-electron chi connectivity index (χ0n) is 10.6.